The first-order chi connectivity index (χ1) is 12.8. The summed E-state index contributed by atoms with van der Waals surface area (Å²) in [6.07, 6.45) is 0.176. The van der Waals surface area contributed by atoms with Gasteiger partial charge in [-0.3, -0.25) is 9.78 Å². The lowest BCUT2D eigenvalue weighted by Crippen LogP contribution is -2.31. The molecule has 0 N–H and O–H groups in total. The van der Waals surface area contributed by atoms with Gasteiger partial charge in [0.15, 0.2) is 0 Å². The van der Waals surface area contributed by atoms with Crippen LogP contribution in [0.5, 0.6) is 0 Å². The largest absolute Gasteiger partial charge is 0.467 e. The summed E-state index contributed by atoms with van der Waals surface area (Å²) in [5.74, 6) is 0.124. The molecule has 3 aromatic heterocycles. The summed E-state index contributed by atoms with van der Waals surface area (Å²) in [4.78, 5) is 22.0. The Bertz CT molecular complexity index is 910. The molecule has 0 saturated carbocycles. The van der Waals surface area contributed by atoms with Crippen LogP contribution in [0.25, 0.3) is 0 Å². The molecule has 3 aromatic rings. The highest BCUT2D eigenvalue weighted by atomic mass is 19.4. The highest BCUT2D eigenvalue weighted by Gasteiger charge is 2.33. The highest BCUT2D eigenvalue weighted by molar-refractivity contribution is 5.95. The van der Waals surface area contributed by atoms with Crippen LogP contribution in [0.15, 0.2) is 59.5 Å². The molecule has 0 bridgehead atoms. The second-order valence-corrected chi connectivity index (χ2v) is 5.93. The van der Waals surface area contributed by atoms with E-state index in [1.165, 1.54) is 18.1 Å². The van der Waals surface area contributed by atoms with E-state index in [1.54, 1.807) is 30.6 Å². The molecule has 140 valence electrons. The van der Waals surface area contributed by atoms with E-state index in [0.29, 0.717) is 5.76 Å². The quantitative estimate of drug-likeness (QED) is 0.669. The van der Waals surface area contributed by atoms with Gasteiger partial charge in [-0.1, -0.05) is 6.07 Å². The van der Waals surface area contributed by atoms with E-state index in [0.717, 1.165) is 17.7 Å². The molecule has 27 heavy (non-hydrogen) atoms. The first-order valence-electron chi connectivity index (χ1n) is 8.10. The number of carbonyl (C=O) groups is 1. The SMILES string of the molecule is Cc1nc(C(F)(F)F)ccc1C(=O)N(Cc1cccnc1)Cc1ccco1. The van der Waals surface area contributed by atoms with Crippen LogP contribution in [-0.4, -0.2) is 20.8 Å². The number of halogens is 3. The Morgan fingerprint density at radius 1 is 1.15 bits per heavy atom. The van der Waals surface area contributed by atoms with Crippen molar-refractivity contribution in [3.8, 4) is 0 Å². The maximum atomic E-state index is 13.0. The van der Waals surface area contributed by atoms with E-state index in [1.807, 2.05) is 6.07 Å². The fourth-order valence-corrected chi connectivity index (χ4v) is 2.62. The van der Waals surface area contributed by atoms with Gasteiger partial charge in [0.2, 0.25) is 0 Å². The number of hydrogen-bond donors (Lipinski definition) is 0. The molecule has 0 radical (unpaired) electrons. The van der Waals surface area contributed by atoms with Gasteiger partial charge in [0, 0.05) is 18.9 Å². The summed E-state index contributed by atoms with van der Waals surface area (Å²) in [5.41, 5.74) is -0.111. The lowest BCUT2D eigenvalue weighted by molar-refractivity contribution is -0.141. The Labute approximate surface area is 153 Å². The molecule has 3 rings (SSSR count). The van der Waals surface area contributed by atoms with Crippen LogP contribution in [0.2, 0.25) is 0 Å². The van der Waals surface area contributed by atoms with Crippen LogP contribution < -0.4 is 0 Å². The maximum Gasteiger partial charge on any atom is 0.433 e. The molecular formula is C19H16F3N3O2. The van der Waals surface area contributed by atoms with Gasteiger partial charge in [0.25, 0.3) is 5.91 Å². The smallest absolute Gasteiger partial charge is 0.433 e. The van der Waals surface area contributed by atoms with Gasteiger partial charge in [-0.05, 0) is 42.8 Å². The van der Waals surface area contributed by atoms with Crippen molar-refractivity contribution >= 4 is 5.91 Å². The summed E-state index contributed by atoms with van der Waals surface area (Å²) in [5, 5.41) is 0. The fraction of sp³-hybridized carbons (Fsp3) is 0.211. The molecule has 1 amide bonds. The summed E-state index contributed by atoms with van der Waals surface area (Å²) >= 11 is 0. The van der Waals surface area contributed by atoms with Gasteiger partial charge < -0.3 is 9.32 Å². The van der Waals surface area contributed by atoms with E-state index in [2.05, 4.69) is 9.97 Å². The molecule has 8 heteroatoms. The molecule has 0 aliphatic heterocycles. The molecular weight excluding hydrogens is 359 g/mol. The number of alkyl halides is 3. The number of rotatable bonds is 5. The third-order valence-electron chi connectivity index (χ3n) is 3.92. The third-order valence-corrected chi connectivity index (χ3v) is 3.92. The topological polar surface area (TPSA) is 59.2 Å². The van der Waals surface area contributed by atoms with E-state index in [9.17, 15) is 18.0 Å². The van der Waals surface area contributed by atoms with Crippen LogP contribution in [-0.2, 0) is 19.3 Å². The molecule has 0 spiro atoms. The Morgan fingerprint density at radius 2 is 1.96 bits per heavy atom. The maximum absolute atomic E-state index is 13.0. The van der Waals surface area contributed by atoms with Gasteiger partial charge in [-0.25, -0.2) is 4.98 Å². The Hall–Kier alpha value is -3.16. The highest BCUT2D eigenvalue weighted by Crippen LogP contribution is 2.28. The number of carbonyl (C=O) groups excluding carboxylic acids is 1. The lowest BCUT2D eigenvalue weighted by Gasteiger charge is -2.22. The zero-order valence-electron chi connectivity index (χ0n) is 14.4. The number of amides is 1. The van der Waals surface area contributed by atoms with Crippen molar-refractivity contribution in [2.24, 2.45) is 0 Å². The number of hydrogen-bond acceptors (Lipinski definition) is 4. The first kappa shape index (κ1) is 18.6. The Morgan fingerprint density at radius 3 is 2.56 bits per heavy atom. The van der Waals surface area contributed by atoms with Crippen LogP contribution >= 0.6 is 0 Å². The summed E-state index contributed by atoms with van der Waals surface area (Å²) in [6, 6.07) is 8.96. The molecule has 5 nitrogen and oxygen atoms in total. The summed E-state index contributed by atoms with van der Waals surface area (Å²) in [6.45, 7) is 1.78. The molecule has 0 aromatic carbocycles. The van der Waals surface area contributed by atoms with Crippen molar-refractivity contribution in [1.29, 1.82) is 0 Å². The summed E-state index contributed by atoms with van der Waals surface area (Å²) < 4.78 is 43.8. The number of aromatic nitrogens is 2. The van der Waals surface area contributed by atoms with E-state index < -0.39 is 17.8 Å². The van der Waals surface area contributed by atoms with Crippen molar-refractivity contribution in [2.75, 3.05) is 0 Å². The molecule has 0 fully saturated rings. The third kappa shape index (κ3) is 4.52. The van der Waals surface area contributed by atoms with Crippen molar-refractivity contribution in [2.45, 2.75) is 26.2 Å². The van der Waals surface area contributed by atoms with Crippen molar-refractivity contribution < 1.29 is 22.4 Å². The van der Waals surface area contributed by atoms with Crippen LogP contribution in [0.3, 0.4) is 0 Å². The van der Waals surface area contributed by atoms with Crippen LogP contribution in [0.4, 0.5) is 13.2 Å². The molecule has 0 unspecified atom stereocenters. The Balaban J connectivity index is 1.90. The van der Waals surface area contributed by atoms with Crippen molar-refractivity contribution in [1.82, 2.24) is 14.9 Å². The molecule has 0 aliphatic rings. The summed E-state index contributed by atoms with van der Waals surface area (Å²) in [7, 11) is 0. The van der Waals surface area contributed by atoms with Gasteiger partial charge >= 0.3 is 6.18 Å². The number of pyridine rings is 2. The van der Waals surface area contributed by atoms with E-state index in [4.69, 9.17) is 4.42 Å². The van der Waals surface area contributed by atoms with Crippen LogP contribution in [0.1, 0.15) is 33.1 Å². The second-order valence-electron chi connectivity index (χ2n) is 5.93. The van der Waals surface area contributed by atoms with Gasteiger partial charge in [0.1, 0.15) is 11.5 Å². The lowest BCUT2D eigenvalue weighted by atomic mass is 10.1. The van der Waals surface area contributed by atoms with Gasteiger partial charge in [-0.15, -0.1) is 0 Å². The molecule has 0 atom stereocenters. The predicted molar refractivity (Wildman–Crippen MR) is 90.5 cm³/mol. The molecule has 3 heterocycles. The number of furan rings is 1. The normalized spacial score (nSPS) is 11.4. The minimum Gasteiger partial charge on any atom is -0.467 e. The van der Waals surface area contributed by atoms with Gasteiger partial charge in [-0.2, -0.15) is 13.2 Å². The monoisotopic (exact) mass is 375 g/mol. The average Bonchev–Trinajstić information content (AvgIpc) is 3.14. The fourth-order valence-electron chi connectivity index (χ4n) is 2.62. The van der Waals surface area contributed by atoms with E-state index >= 15 is 0 Å². The Kier molecular flexibility index (Phi) is 5.25. The van der Waals surface area contributed by atoms with E-state index in [-0.39, 0.29) is 24.3 Å². The molecule has 0 saturated heterocycles. The zero-order chi connectivity index (χ0) is 19.4. The predicted octanol–water partition coefficient (Wildman–Crippen LogP) is 4.24. The second kappa shape index (κ2) is 7.61. The van der Waals surface area contributed by atoms with Gasteiger partial charge in [0.05, 0.1) is 24.1 Å². The standard InChI is InChI=1S/C19H16F3N3O2/c1-13-16(6-7-17(24-13)19(20,21)22)18(26)25(12-15-5-3-9-27-15)11-14-4-2-8-23-10-14/h2-10H,11-12H2,1H3. The minimum absolute atomic E-state index is 0.0189. The number of nitrogens with zero attached hydrogens (tertiary/aromatic N) is 3. The van der Waals surface area contributed by atoms with Crippen molar-refractivity contribution in [3.63, 3.8) is 0 Å². The average molecular weight is 375 g/mol. The number of aryl methyl sites for hydroxylation is 1. The van der Waals surface area contributed by atoms with Crippen molar-refractivity contribution in [3.05, 3.63) is 83.3 Å². The van der Waals surface area contributed by atoms with Crippen LogP contribution in [0, 0.1) is 6.92 Å². The first-order valence-corrected chi connectivity index (χ1v) is 8.10. The minimum atomic E-state index is -4.56. The zero-order valence-corrected chi connectivity index (χ0v) is 14.4. The molecule has 0 aliphatic carbocycles.